The van der Waals surface area contributed by atoms with Crippen molar-refractivity contribution in [3.8, 4) is 0 Å². The number of benzene rings is 1. The molecule has 1 aliphatic heterocycles. The number of nitrogens with one attached hydrogen (secondary N) is 1. The number of fused-ring (bicyclic) bond motifs is 1. The Morgan fingerprint density at radius 1 is 1.38 bits per heavy atom. The molecule has 1 heterocycles. The van der Waals surface area contributed by atoms with Crippen LogP contribution in [0.25, 0.3) is 0 Å². The molecule has 2 amide bonds. The molecular formula is C14H16N2O5. The minimum atomic E-state index is -1.09. The molecule has 2 N–H and O–H groups in total. The second-order valence-corrected chi connectivity index (χ2v) is 4.52. The van der Waals surface area contributed by atoms with Gasteiger partial charge >= 0.3 is 18.0 Å². The number of nitrogens with zero attached hydrogens (tertiary/aromatic N) is 1. The minimum Gasteiger partial charge on any atom is -0.480 e. The summed E-state index contributed by atoms with van der Waals surface area (Å²) >= 11 is 0. The maximum absolute atomic E-state index is 12.2. The first kappa shape index (κ1) is 14.8. The first-order valence-corrected chi connectivity index (χ1v) is 6.58. The fraction of sp³-hybridized carbons (Fsp3) is 0.357. The van der Waals surface area contributed by atoms with Crippen LogP contribution in [0.15, 0.2) is 24.3 Å². The van der Waals surface area contributed by atoms with Crippen molar-refractivity contribution in [1.29, 1.82) is 0 Å². The predicted molar refractivity (Wildman–Crippen MR) is 74.1 cm³/mol. The Morgan fingerprint density at radius 2 is 2.10 bits per heavy atom. The number of rotatable bonds is 4. The highest BCUT2D eigenvalue weighted by Gasteiger charge is 2.38. The van der Waals surface area contributed by atoms with Crippen LogP contribution in [0, 0.1) is 0 Å². The third-order valence-corrected chi connectivity index (χ3v) is 3.17. The van der Waals surface area contributed by atoms with Gasteiger partial charge in [0, 0.05) is 12.1 Å². The molecule has 0 fully saturated rings. The van der Waals surface area contributed by atoms with E-state index in [0.29, 0.717) is 5.69 Å². The molecule has 1 unspecified atom stereocenters. The SMILES string of the molecule is CCOC(=O)CNC(=O)N1c2ccccc2CC1C(=O)O. The molecule has 1 atom stereocenters. The third kappa shape index (κ3) is 3.13. The van der Waals surface area contributed by atoms with Crippen molar-refractivity contribution < 1.29 is 24.2 Å². The molecular weight excluding hydrogens is 276 g/mol. The van der Waals surface area contributed by atoms with Gasteiger partial charge in [-0.15, -0.1) is 0 Å². The molecule has 21 heavy (non-hydrogen) atoms. The van der Waals surface area contributed by atoms with Crippen LogP contribution in [0.2, 0.25) is 0 Å². The summed E-state index contributed by atoms with van der Waals surface area (Å²) in [5.74, 6) is -1.65. The second-order valence-electron chi connectivity index (χ2n) is 4.52. The molecule has 112 valence electrons. The lowest BCUT2D eigenvalue weighted by molar-refractivity contribution is -0.141. The smallest absolute Gasteiger partial charge is 0.327 e. The zero-order chi connectivity index (χ0) is 15.4. The van der Waals surface area contributed by atoms with Gasteiger partial charge in [-0.2, -0.15) is 0 Å². The molecule has 0 saturated carbocycles. The summed E-state index contributed by atoms with van der Waals surface area (Å²) < 4.78 is 4.71. The standard InChI is InChI=1S/C14H16N2O5/c1-2-21-12(17)8-15-14(20)16-10-6-4-3-5-9(10)7-11(16)13(18)19/h3-6,11H,2,7-8H2,1H3,(H,15,20)(H,18,19). The normalized spacial score (nSPS) is 16.2. The highest BCUT2D eigenvalue weighted by atomic mass is 16.5. The Balaban J connectivity index is 2.13. The van der Waals surface area contributed by atoms with Crippen LogP contribution in [0.4, 0.5) is 10.5 Å². The number of urea groups is 1. The highest BCUT2D eigenvalue weighted by molar-refractivity contribution is 6.01. The van der Waals surface area contributed by atoms with Gasteiger partial charge in [0.15, 0.2) is 0 Å². The predicted octanol–water partition coefficient (Wildman–Crippen LogP) is 0.775. The van der Waals surface area contributed by atoms with Crippen molar-refractivity contribution in [3.63, 3.8) is 0 Å². The molecule has 1 aliphatic rings. The number of para-hydroxylation sites is 1. The number of aliphatic carboxylic acids is 1. The van der Waals surface area contributed by atoms with E-state index in [2.05, 4.69) is 5.32 Å². The fourth-order valence-corrected chi connectivity index (χ4v) is 2.28. The number of carboxylic acid groups (broad SMARTS) is 1. The molecule has 1 aromatic carbocycles. The molecule has 0 spiro atoms. The molecule has 0 saturated heterocycles. The quantitative estimate of drug-likeness (QED) is 0.799. The van der Waals surface area contributed by atoms with E-state index < -0.39 is 24.0 Å². The lowest BCUT2D eigenvalue weighted by atomic mass is 10.1. The summed E-state index contributed by atoms with van der Waals surface area (Å²) in [7, 11) is 0. The number of carbonyl (C=O) groups excluding carboxylic acids is 2. The summed E-state index contributed by atoms with van der Waals surface area (Å²) in [5.41, 5.74) is 1.34. The van der Waals surface area contributed by atoms with Crippen molar-refractivity contribution in [2.45, 2.75) is 19.4 Å². The van der Waals surface area contributed by atoms with E-state index in [1.807, 2.05) is 0 Å². The van der Waals surface area contributed by atoms with Gasteiger partial charge in [0.2, 0.25) is 0 Å². The average Bonchev–Trinajstić information content (AvgIpc) is 2.85. The second kappa shape index (κ2) is 6.25. The van der Waals surface area contributed by atoms with Crippen molar-refractivity contribution in [2.75, 3.05) is 18.1 Å². The van der Waals surface area contributed by atoms with Gasteiger partial charge in [-0.05, 0) is 18.6 Å². The average molecular weight is 292 g/mol. The molecule has 0 aromatic heterocycles. The van der Waals surface area contributed by atoms with E-state index in [1.54, 1.807) is 31.2 Å². The summed E-state index contributed by atoms with van der Waals surface area (Å²) in [5, 5.41) is 11.6. The highest BCUT2D eigenvalue weighted by Crippen LogP contribution is 2.32. The lowest BCUT2D eigenvalue weighted by Crippen LogP contribution is -2.49. The van der Waals surface area contributed by atoms with E-state index in [1.165, 1.54) is 0 Å². The van der Waals surface area contributed by atoms with E-state index in [-0.39, 0.29) is 19.6 Å². The largest absolute Gasteiger partial charge is 0.480 e. The molecule has 2 rings (SSSR count). The zero-order valence-electron chi connectivity index (χ0n) is 11.5. The number of esters is 1. The maximum atomic E-state index is 12.2. The number of carboxylic acids is 1. The molecule has 7 nitrogen and oxygen atoms in total. The number of hydrogen-bond acceptors (Lipinski definition) is 4. The molecule has 1 aromatic rings. The molecule has 7 heteroatoms. The summed E-state index contributed by atoms with van der Waals surface area (Å²) in [4.78, 5) is 35.9. The maximum Gasteiger partial charge on any atom is 0.327 e. The van der Waals surface area contributed by atoms with Crippen molar-refractivity contribution in [1.82, 2.24) is 5.32 Å². The molecule has 0 aliphatic carbocycles. The third-order valence-electron chi connectivity index (χ3n) is 3.17. The number of amides is 2. The van der Waals surface area contributed by atoms with Crippen LogP contribution in [-0.2, 0) is 20.7 Å². The molecule has 0 bridgehead atoms. The van der Waals surface area contributed by atoms with Crippen molar-refractivity contribution in [2.24, 2.45) is 0 Å². The Morgan fingerprint density at radius 3 is 2.76 bits per heavy atom. The van der Waals surface area contributed by atoms with Crippen LogP contribution in [0.1, 0.15) is 12.5 Å². The van der Waals surface area contributed by atoms with Gasteiger partial charge < -0.3 is 15.2 Å². The van der Waals surface area contributed by atoms with E-state index >= 15 is 0 Å². The van der Waals surface area contributed by atoms with Gasteiger partial charge in [-0.3, -0.25) is 9.69 Å². The van der Waals surface area contributed by atoms with E-state index in [4.69, 9.17) is 4.74 Å². The number of hydrogen-bond donors (Lipinski definition) is 2. The van der Waals surface area contributed by atoms with Gasteiger partial charge in [-0.25, -0.2) is 9.59 Å². The summed E-state index contributed by atoms with van der Waals surface area (Å²) in [6.07, 6.45) is 0.248. The zero-order valence-corrected chi connectivity index (χ0v) is 11.5. The van der Waals surface area contributed by atoms with Gasteiger partial charge in [0.1, 0.15) is 12.6 Å². The van der Waals surface area contributed by atoms with Crippen molar-refractivity contribution >= 4 is 23.7 Å². The van der Waals surface area contributed by atoms with Gasteiger partial charge in [0.25, 0.3) is 0 Å². The summed E-state index contributed by atoms with van der Waals surface area (Å²) in [6, 6.07) is 5.39. The Labute approximate surface area is 121 Å². The van der Waals surface area contributed by atoms with Crippen LogP contribution < -0.4 is 10.2 Å². The first-order chi connectivity index (χ1) is 10.0. The van der Waals surface area contributed by atoms with E-state index in [9.17, 15) is 19.5 Å². The first-order valence-electron chi connectivity index (χ1n) is 6.58. The number of anilines is 1. The Bertz CT molecular complexity index is 572. The van der Waals surface area contributed by atoms with Crippen LogP contribution in [0.5, 0.6) is 0 Å². The fourth-order valence-electron chi connectivity index (χ4n) is 2.28. The summed E-state index contributed by atoms with van der Waals surface area (Å²) in [6.45, 7) is 1.59. The monoisotopic (exact) mass is 292 g/mol. The number of carbonyl (C=O) groups is 3. The molecule has 0 radical (unpaired) electrons. The Hall–Kier alpha value is -2.57. The van der Waals surface area contributed by atoms with Gasteiger partial charge in [-0.1, -0.05) is 18.2 Å². The van der Waals surface area contributed by atoms with E-state index in [0.717, 1.165) is 10.5 Å². The van der Waals surface area contributed by atoms with Crippen LogP contribution >= 0.6 is 0 Å². The van der Waals surface area contributed by atoms with Gasteiger partial charge in [0.05, 0.1) is 6.61 Å². The van der Waals surface area contributed by atoms with Crippen molar-refractivity contribution in [3.05, 3.63) is 29.8 Å². The van der Waals surface area contributed by atoms with Crippen LogP contribution in [0.3, 0.4) is 0 Å². The van der Waals surface area contributed by atoms with Crippen LogP contribution in [-0.4, -0.2) is 42.3 Å². The lowest BCUT2D eigenvalue weighted by Gasteiger charge is -2.22. The number of ether oxygens (including phenoxy) is 1. The minimum absolute atomic E-state index is 0.221. The Kier molecular flexibility index (Phi) is 4.42. The topological polar surface area (TPSA) is 95.9 Å².